The predicted molar refractivity (Wildman–Crippen MR) is 82.9 cm³/mol. The summed E-state index contributed by atoms with van der Waals surface area (Å²) in [4.78, 5) is 2.68. The van der Waals surface area contributed by atoms with Crippen LogP contribution in [0.4, 0.5) is 0 Å². The highest BCUT2D eigenvalue weighted by atomic mass is 32.2. The van der Waals surface area contributed by atoms with Crippen LogP contribution >= 0.6 is 23.9 Å². The first-order valence-corrected chi connectivity index (χ1v) is 8.57. The summed E-state index contributed by atoms with van der Waals surface area (Å²) in [6, 6.07) is 8.66. The molecule has 0 bridgehead atoms. The predicted octanol–water partition coefficient (Wildman–Crippen LogP) is 2.37. The lowest BCUT2D eigenvalue weighted by Gasteiger charge is -2.28. The van der Waals surface area contributed by atoms with Gasteiger partial charge in [0, 0.05) is 36.0 Å². The minimum Gasteiger partial charge on any atom is -0.379 e. The van der Waals surface area contributed by atoms with Crippen molar-refractivity contribution in [2.75, 3.05) is 52.6 Å². The monoisotopic (exact) mass is 312 g/mol. The maximum atomic E-state index is 5.41. The molecule has 1 aromatic carbocycles. The van der Waals surface area contributed by atoms with Gasteiger partial charge in [-0.15, -0.1) is 0 Å². The molecule has 0 aliphatic carbocycles. The smallest absolute Gasteiger partial charge is 0.0603 e. The first-order valence-electron chi connectivity index (χ1n) is 7.02. The van der Waals surface area contributed by atoms with E-state index >= 15 is 0 Å². The maximum absolute atomic E-state index is 5.41. The third-order valence-electron chi connectivity index (χ3n) is 3.24. The summed E-state index contributed by atoms with van der Waals surface area (Å²) in [6.07, 6.45) is 0. The average molecular weight is 312 g/mol. The lowest BCUT2D eigenvalue weighted by atomic mass is 10.4. The molecule has 0 amide bonds. The summed E-state index contributed by atoms with van der Waals surface area (Å²) in [5.74, 6) is 0. The molecule has 2 saturated heterocycles. The van der Waals surface area contributed by atoms with Gasteiger partial charge in [-0.2, -0.15) is 0 Å². The largest absolute Gasteiger partial charge is 0.379 e. The summed E-state index contributed by atoms with van der Waals surface area (Å²) in [5.41, 5.74) is 0. The summed E-state index contributed by atoms with van der Waals surface area (Å²) >= 11 is 3.71. The molecule has 4 nitrogen and oxygen atoms in total. The van der Waals surface area contributed by atoms with Crippen LogP contribution in [0.2, 0.25) is 0 Å². The van der Waals surface area contributed by atoms with Gasteiger partial charge in [-0.05, 0) is 36.0 Å². The maximum Gasteiger partial charge on any atom is 0.0603 e. The highest BCUT2D eigenvalue weighted by Gasteiger charge is 2.17. The molecule has 0 saturated carbocycles. The molecule has 2 heterocycles. The zero-order valence-corrected chi connectivity index (χ0v) is 13.1. The van der Waals surface area contributed by atoms with Crippen molar-refractivity contribution in [1.29, 1.82) is 0 Å². The van der Waals surface area contributed by atoms with E-state index in [9.17, 15) is 0 Å². The molecular weight excluding hydrogens is 292 g/mol. The number of ether oxygens (including phenoxy) is 2. The SMILES string of the molecule is c1ccc(SN2CCOCC2)c(SN2CCOCC2)c1. The van der Waals surface area contributed by atoms with Crippen LogP contribution in [0.5, 0.6) is 0 Å². The van der Waals surface area contributed by atoms with Gasteiger partial charge in [0.15, 0.2) is 0 Å². The Hall–Kier alpha value is -0.240. The van der Waals surface area contributed by atoms with E-state index in [4.69, 9.17) is 9.47 Å². The Morgan fingerprint density at radius 3 is 1.50 bits per heavy atom. The highest BCUT2D eigenvalue weighted by molar-refractivity contribution is 8.00. The van der Waals surface area contributed by atoms with Crippen molar-refractivity contribution >= 4 is 23.9 Å². The molecule has 2 fully saturated rings. The molecule has 0 radical (unpaired) electrons. The van der Waals surface area contributed by atoms with E-state index in [1.165, 1.54) is 9.79 Å². The van der Waals surface area contributed by atoms with Gasteiger partial charge in [0.05, 0.1) is 26.4 Å². The van der Waals surface area contributed by atoms with E-state index in [-0.39, 0.29) is 0 Å². The van der Waals surface area contributed by atoms with Crippen LogP contribution in [0, 0.1) is 0 Å². The highest BCUT2D eigenvalue weighted by Crippen LogP contribution is 2.34. The fourth-order valence-corrected chi connectivity index (χ4v) is 4.19. The van der Waals surface area contributed by atoms with Crippen LogP contribution in [0.3, 0.4) is 0 Å². The fourth-order valence-electron chi connectivity index (χ4n) is 2.15. The molecule has 3 rings (SSSR count). The number of hydrogen-bond donors (Lipinski definition) is 0. The summed E-state index contributed by atoms with van der Waals surface area (Å²) in [7, 11) is 0. The molecule has 1 aromatic rings. The molecule has 20 heavy (non-hydrogen) atoms. The van der Waals surface area contributed by atoms with E-state index in [0.29, 0.717) is 0 Å². The minimum absolute atomic E-state index is 0.839. The molecule has 0 aromatic heterocycles. The second kappa shape index (κ2) is 7.68. The molecule has 0 spiro atoms. The topological polar surface area (TPSA) is 24.9 Å². The van der Waals surface area contributed by atoms with Gasteiger partial charge in [0.2, 0.25) is 0 Å². The Balaban J connectivity index is 1.63. The molecule has 110 valence electrons. The normalized spacial score (nSPS) is 22.0. The summed E-state index contributed by atoms with van der Waals surface area (Å²) in [6.45, 7) is 7.36. The zero-order chi connectivity index (χ0) is 13.6. The Bertz CT molecular complexity index is 382. The van der Waals surface area contributed by atoms with E-state index in [1.54, 1.807) is 0 Å². The van der Waals surface area contributed by atoms with Gasteiger partial charge in [-0.1, -0.05) is 12.1 Å². The van der Waals surface area contributed by atoms with E-state index in [1.807, 2.05) is 23.9 Å². The van der Waals surface area contributed by atoms with Crippen molar-refractivity contribution in [1.82, 2.24) is 8.61 Å². The van der Waals surface area contributed by atoms with Crippen LogP contribution in [0.1, 0.15) is 0 Å². The van der Waals surface area contributed by atoms with E-state index < -0.39 is 0 Å². The van der Waals surface area contributed by atoms with Crippen LogP contribution in [-0.2, 0) is 9.47 Å². The molecule has 0 unspecified atom stereocenters. The van der Waals surface area contributed by atoms with Gasteiger partial charge in [0.25, 0.3) is 0 Å². The average Bonchev–Trinajstić information content (AvgIpc) is 2.51. The van der Waals surface area contributed by atoms with E-state index in [2.05, 4.69) is 32.9 Å². The Kier molecular flexibility index (Phi) is 5.64. The van der Waals surface area contributed by atoms with Gasteiger partial charge in [-0.25, -0.2) is 8.61 Å². The van der Waals surface area contributed by atoms with Gasteiger partial charge in [-0.3, -0.25) is 0 Å². The molecule has 0 atom stereocenters. The van der Waals surface area contributed by atoms with Crippen molar-refractivity contribution in [3.05, 3.63) is 24.3 Å². The van der Waals surface area contributed by atoms with Gasteiger partial charge in [0.1, 0.15) is 0 Å². The number of benzene rings is 1. The zero-order valence-electron chi connectivity index (χ0n) is 11.5. The quantitative estimate of drug-likeness (QED) is 0.792. The van der Waals surface area contributed by atoms with Crippen molar-refractivity contribution in [3.63, 3.8) is 0 Å². The Labute approximate surface area is 129 Å². The van der Waals surface area contributed by atoms with Crippen LogP contribution < -0.4 is 0 Å². The molecule has 2 aliphatic heterocycles. The van der Waals surface area contributed by atoms with Crippen LogP contribution in [0.25, 0.3) is 0 Å². The number of hydrogen-bond acceptors (Lipinski definition) is 6. The third-order valence-corrected chi connectivity index (χ3v) is 5.73. The minimum atomic E-state index is 0.839. The van der Waals surface area contributed by atoms with Crippen molar-refractivity contribution in [3.8, 4) is 0 Å². The lowest BCUT2D eigenvalue weighted by Crippen LogP contribution is -2.31. The first kappa shape index (κ1) is 14.7. The lowest BCUT2D eigenvalue weighted by molar-refractivity contribution is 0.0769. The number of rotatable bonds is 4. The first-order chi connectivity index (χ1) is 9.92. The van der Waals surface area contributed by atoms with Crippen molar-refractivity contribution < 1.29 is 9.47 Å². The Morgan fingerprint density at radius 1 is 0.700 bits per heavy atom. The van der Waals surface area contributed by atoms with Gasteiger partial charge < -0.3 is 9.47 Å². The summed E-state index contributed by atoms with van der Waals surface area (Å²) < 4.78 is 15.6. The second-order valence-corrected chi connectivity index (χ2v) is 6.99. The van der Waals surface area contributed by atoms with E-state index in [0.717, 1.165) is 52.6 Å². The Morgan fingerprint density at radius 2 is 1.10 bits per heavy atom. The van der Waals surface area contributed by atoms with Crippen molar-refractivity contribution in [2.45, 2.75) is 9.79 Å². The number of morpholine rings is 2. The molecule has 0 N–H and O–H groups in total. The molecular formula is C14H20N2O2S2. The fraction of sp³-hybridized carbons (Fsp3) is 0.571. The van der Waals surface area contributed by atoms with Gasteiger partial charge >= 0.3 is 0 Å². The van der Waals surface area contributed by atoms with Crippen LogP contribution in [0.15, 0.2) is 34.1 Å². The molecule has 6 heteroatoms. The van der Waals surface area contributed by atoms with Crippen LogP contribution in [-0.4, -0.2) is 61.2 Å². The second-order valence-electron chi connectivity index (χ2n) is 4.71. The number of nitrogens with zero attached hydrogens (tertiary/aromatic N) is 2. The molecule has 2 aliphatic rings. The third kappa shape index (κ3) is 4.13. The summed E-state index contributed by atoms with van der Waals surface area (Å²) in [5, 5.41) is 0. The van der Waals surface area contributed by atoms with Crippen molar-refractivity contribution in [2.24, 2.45) is 0 Å². The standard InChI is InChI=1S/C14H20N2O2S2/c1-2-4-14(20-16-7-11-18-12-8-16)13(3-1)19-15-5-9-17-10-6-15/h1-4H,5-12H2.